The molecule has 14 nitrogen and oxygen atoms in total. The van der Waals surface area contributed by atoms with Crippen molar-refractivity contribution < 1.29 is 64.6 Å². The van der Waals surface area contributed by atoms with Crippen LogP contribution in [0.1, 0.15) is 348 Å². The van der Waals surface area contributed by atoms with Crippen molar-refractivity contribution in [3.63, 3.8) is 0 Å². The Morgan fingerprint density at radius 2 is 0.727 bits per heavy atom. The van der Waals surface area contributed by atoms with Crippen LogP contribution in [0.4, 0.5) is 0 Å². The highest BCUT2D eigenvalue weighted by Gasteiger charge is 2.51. The van der Waals surface area contributed by atoms with Crippen molar-refractivity contribution >= 4 is 5.91 Å². The average molecular weight is 1250 g/mol. The van der Waals surface area contributed by atoms with Crippen LogP contribution in [0.15, 0.2) is 24.3 Å². The molecule has 2 saturated heterocycles. The van der Waals surface area contributed by atoms with Crippen molar-refractivity contribution in [1.82, 2.24) is 5.32 Å². The molecule has 0 spiro atoms. The molecule has 0 bridgehead atoms. The number of aliphatic hydroxyl groups excluding tert-OH is 8. The van der Waals surface area contributed by atoms with Gasteiger partial charge in [-0.05, 0) is 32.1 Å². The Morgan fingerprint density at radius 3 is 1.11 bits per heavy atom. The van der Waals surface area contributed by atoms with Crippen LogP contribution < -0.4 is 5.32 Å². The van der Waals surface area contributed by atoms with Gasteiger partial charge < -0.3 is 65.1 Å². The molecule has 0 aromatic heterocycles. The Kier molecular flexibility index (Phi) is 55.6. The number of hydrogen-bond donors (Lipinski definition) is 9. The molecular weight excluding hydrogens is 1110 g/mol. The van der Waals surface area contributed by atoms with E-state index >= 15 is 0 Å². The molecule has 2 aliphatic rings. The van der Waals surface area contributed by atoms with E-state index in [1.54, 1.807) is 6.08 Å². The Bertz CT molecular complexity index is 1570. The predicted octanol–water partition coefficient (Wildman–Crippen LogP) is 15.9. The zero-order valence-electron chi connectivity index (χ0n) is 56.7. The number of aliphatic hydroxyl groups is 8. The minimum Gasteiger partial charge on any atom is -0.394 e. The van der Waals surface area contributed by atoms with Crippen LogP contribution in [-0.2, 0) is 23.7 Å². The van der Waals surface area contributed by atoms with E-state index in [0.717, 1.165) is 32.1 Å². The third kappa shape index (κ3) is 42.6. The maximum Gasteiger partial charge on any atom is 0.220 e. The van der Waals surface area contributed by atoms with Gasteiger partial charge in [0.2, 0.25) is 5.91 Å². The second-order valence-corrected chi connectivity index (χ2v) is 26.8. The van der Waals surface area contributed by atoms with E-state index in [1.165, 1.54) is 283 Å². The lowest BCUT2D eigenvalue weighted by molar-refractivity contribution is -0.359. The summed E-state index contributed by atoms with van der Waals surface area (Å²) < 4.78 is 22.8. The molecule has 0 aromatic rings. The van der Waals surface area contributed by atoms with Crippen LogP contribution >= 0.6 is 0 Å². The zero-order valence-corrected chi connectivity index (χ0v) is 56.7. The number of allylic oxidation sites excluding steroid dienone is 3. The first kappa shape index (κ1) is 82.6. The first-order valence-electron chi connectivity index (χ1n) is 37.6. The van der Waals surface area contributed by atoms with Gasteiger partial charge in [0, 0.05) is 6.42 Å². The molecule has 2 fully saturated rings. The second-order valence-electron chi connectivity index (χ2n) is 26.8. The molecule has 0 aromatic carbocycles. The first-order valence-corrected chi connectivity index (χ1v) is 37.6. The number of nitrogens with one attached hydrogen (secondary N) is 1. The van der Waals surface area contributed by atoms with Gasteiger partial charge in [0.15, 0.2) is 12.6 Å². The Hall–Kier alpha value is -1.53. The highest BCUT2D eigenvalue weighted by atomic mass is 16.7. The molecule has 0 saturated carbocycles. The number of carbonyl (C=O) groups excluding carboxylic acids is 1. The van der Waals surface area contributed by atoms with Gasteiger partial charge in [-0.3, -0.25) is 4.79 Å². The Labute approximate surface area is 539 Å². The standard InChI is InChI=1S/C74H141NO13/c1-3-5-7-9-11-13-15-17-19-21-22-23-24-25-26-27-28-29-30-31-32-33-34-35-36-37-38-39-40-41-42-44-46-48-50-52-54-56-58-66(79)75-62(63(78)57-55-53-51-49-47-45-43-20-18-16-14-12-10-8-6-4-2)61-85-73-71(84)69(82)72(65(60-77)87-73)88-74-70(83)68(81)67(80)64(59-76)86-74/h47,49,55,57,62-65,67-74,76-78,80-84H,3-46,48,50-54,56,58-61H2,1-2H3,(H,75,79)/b49-47+,57-55+. The SMILES string of the molecule is CCCCCCCCCCCC/C=C/CC/C=C/C(O)C(COC1OC(CO)C(OC2OC(CO)C(O)C(O)C2O)C(O)C1O)NC(=O)CCCCCCCCCCCCCCCCCCCCCCCCCCCCCCCCCCCCCCCC. The average Bonchev–Trinajstić information content (AvgIpc) is 2.53. The lowest BCUT2D eigenvalue weighted by Crippen LogP contribution is -2.65. The molecule has 9 N–H and O–H groups in total. The van der Waals surface area contributed by atoms with Gasteiger partial charge in [-0.25, -0.2) is 0 Å². The number of ether oxygens (including phenoxy) is 4. The van der Waals surface area contributed by atoms with Crippen LogP contribution in [0, 0.1) is 0 Å². The number of rotatable bonds is 63. The van der Waals surface area contributed by atoms with E-state index in [0.29, 0.717) is 12.8 Å². The summed E-state index contributed by atoms with van der Waals surface area (Å²) in [6.45, 7) is 2.83. The molecule has 12 atom stereocenters. The minimum atomic E-state index is -1.79. The van der Waals surface area contributed by atoms with Crippen LogP contribution in [0.5, 0.6) is 0 Å². The van der Waals surface area contributed by atoms with Gasteiger partial charge in [0.05, 0.1) is 32.0 Å². The van der Waals surface area contributed by atoms with Gasteiger partial charge >= 0.3 is 0 Å². The highest BCUT2D eigenvalue weighted by molar-refractivity contribution is 5.76. The number of hydrogen-bond acceptors (Lipinski definition) is 13. The summed E-state index contributed by atoms with van der Waals surface area (Å²) >= 11 is 0. The topological polar surface area (TPSA) is 228 Å². The zero-order chi connectivity index (χ0) is 63.8. The van der Waals surface area contributed by atoms with Crippen molar-refractivity contribution in [3.05, 3.63) is 24.3 Å². The van der Waals surface area contributed by atoms with Crippen LogP contribution in [0.3, 0.4) is 0 Å². The van der Waals surface area contributed by atoms with Crippen molar-refractivity contribution in [2.75, 3.05) is 19.8 Å². The number of amides is 1. The maximum atomic E-state index is 13.3. The van der Waals surface area contributed by atoms with Gasteiger partial charge in [-0.1, -0.05) is 334 Å². The van der Waals surface area contributed by atoms with Crippen LogP contribution in [0.25, 0.3) is 0 Å². The van der Waals surface area contributed by atoms with Gasteiger partial charge in [0.25, 0.3) is 0 Å². The van der Waals surface area contributed by atoms with Crippen LogP contribution in [-0.4, -0.2) is 140 Å². The van der Waals surface area contributed by atoms with E-state index in [4.69, 9.17) is 18.9 Å². The summed E-state index contributed by atoms with van der Waals surface area (Å²) in [4.78, 5) is 13.3. The molecule has 0 aliphatic carbocycles. The summed E-state index contributed by atoms with van der Waals surface area (Å²) in [5.41, 5.74) is 0. The second kappa shape index (κ2) is 59.2. The fraction of sp³-hybridized carbons (Fsp3) is 0.932. The normalized spacial score (nSPS) is 23.2. The summed E-state index contributed by atoms with van der Waals surface area (Å²) in [5, 5.41) is 87.3. The fourth-order valence-corrected chi connectivity index (χ4v) is 12.7. The maximum absolute atomic E-state index is 13.3. The number of carbonyl (C=O) groups is 1. The molecule has 520 valence electrons. The quantitative estimate of drug-likeness (QED) is 0.0204. The summed E-state index contributed by atoms with van der Waals surface area (Å²) in [5.74, 6) is -0.242. The van der Waals surface area contributed by atoms with Crippen molar-refractivity contribution in [2.45, 2.75) is 421 Å². The molecule has 88 heavy (non-hydrogen) atoms. The third-order valence-corrected chi connectivity index (χ3v) is 18.6. The van der Waals surface area contributed by atoms with Gasteiger partial charge in [-0.15, -0.1) is 0 Å². The van der Waals surface area contributed by atoms with E-state index in [2.05, 4.69) is 31.3 Å². The van der Waals surface area contributed by atoms with E-state index in [9.17, 15) is 45.6 Å². The summed E-state index contributed by atoms with van der Waals surface area (Å²) in [7, 11) is 0. The predicted molar refractivity (Wildman–Crippen MR) is 360 cm³/mol. The van der Waals surface area contributed by atoms with Crippen molar-refractivity contribution in [1.29, 1.82) is 0 Å². The summed E-state index contributed by atoms with van der Waals surface area (Å²) in [6, 6.07) is -0.929. The minimum absolute atomic E-state index is 0.242. The summed E-state index contributed by atoms with van der Waals surface area (Å²) in [6.07, 6.45) is 58.5. The van der Waals surface area contributed by atoms with Crippen molar-refractivity contribution in [2.24, 2.45) is 0 Å². The molecule has 12 unspecified atom stereocenters. The van der Waals surface area contributed by atoms with Crippen LogP contribution in [0.2, 0.25) is 0 Å². The monoisotopic (exact) mass is 1250 g/mol. The van der Waals surface area contributed by atoms with Crippen molar-refractivity contribution in [3.8, 4) is 0 Å². The van der Waals surface area contributed by atoms with Gasteiger partial charge in [-0.2, -0.15) is 0 Å². The first-order chi connectivity index (χ1) is 43.1. The fourth-order valence-electron chi connectivity index (χ4n) is 12.7. The lowest BCUT2D eigenvalue weighted by Gasteiger charge is -2.46. The van der Waals surface area contributed by atoms with E-state index in [-0.39, 0.29) is 18.9 Å². The molecular formula is C74H141NO13. The third-order valence-electron chi connectivity index (χ3n) is 18.6. The van der Waals surface area contributed by atoms with E-state index in [1.807, 2.05) is 6.08 Å². The molecule has 2 rings (SSSR count). The molecule has 2 aliphatic heterocycles. The van der Waals surface area contributed by atoms with Gasteiger partial charge in [0.1, 0.15) is 48.8 Å². The molecule has 2 heterocycles. The highest BCUT2D eigenvalue weighted by Crippen LogP contribution is 2.30. The Balaban J connectivity index is 1.56. The number of unbranched alkanes of at least 4 members (excludes halogenated alkanes) is 48. The molecule has 0 radical (unpaired) electrons. The molecule has 1 amide bonds. The smallest absolute Gasteiger partial charge is 0.220 e. The Morgan fingerprint density at radius 1 is 0.398 bits per heavy atom. The largest absolute Gasteiger partial charge is 0.394 e. The lowest BCUT2D eigenvalue weighted by atomic mass is 9.97. The molecule has 14 heteroatoms. The van der Waals surface area contributed by atoms with E-state index < -0.39 is 86.8 Å².